The number of anilines is 1. The molecule has 0 aliphatic rings. The Bertz CT molecular complexity index is 398. The standard InChI is InChI=1S/C11H20N4O2/c1-5-6-7-12-11-10(15(16)17)9(8(2)3)13-14(11)4/h8,12H,5-7H2,1-4H3. The average Bonchev–Trinajstić information content (AvgIpc) is 2.57. The Morgan fingerprint density at radius 1 is 1.53 bits per heavy atom. The van der Waals surface area contributed by atoms with Crippen LogP contribution in [0.25, 0.3) is 0 Å². The summed E-state index contributed by atoms with van der Waals surface area (Å²) in [6, 6.07) is 0. The summed E-state index contributed by atoms with van der Waals surface area (Å²) in [4.78, 5) is 10.8. The molecule has 1 aromatic rings. The van der Waals surface area contributed by atoms with Gasteiger partial charge in [0.1, 0.15) is 5.69 Å². The van der Waals surface area contributed by atoms with Gasteiger partial charge in [0.05, 0.1) is 4.92 Å². The van der Waals surface area contributed by atoms with E-state index in [0.29, 0.717) is 11.5 Å². The Kier molecular flexibility index (Phi) is 4.48. The van der Waals surface area contributed by atoms with E-state index in [0.717, 1.165) is 19.4 Å². The maximum atomic E-state index is 11.1. The Morgan fingerprint density at radius 3 is 2.65 bits per heavy atom. The van der Waals surface area contributed by atoms with Crippen LogP contribution in [0.15, 0.2) is 0 Å². The van der Waals surface area contributed by atoms with Gasteiger partial charge >= 0.3 is 5.69 Å². The van der Waals surface area contributed by atoms with E-state index in [1.54, 1.807) is 11.7 Å². The van der Waals surface area contributed by atoms with E-state index in [2.05, 4.69) is 17.3 Å². The molecule has 0 fully saturated rings. The summed E-state index contributed by atoms with van der Waals surface area (Å²) in [7, 11) is 1.73. The van der Waals surface area contributed by atoms with E-state index in [1.807, 2.05) is 13.8 Å². The molecule has 1 aromatic heterocycles. The first-order chi connectivity index (χ1) is 7.99. The molecule has 0 unspecified atom stereocenters. The molecule has 1 heterocycles. The summed E-state index contributed by atoms with van der Waals surface area (Å²) in [5.41, 5.74) is 0.648. The molecule has 0 spiro atoms. The number of aromatic nitrogens is 2. The lowest BCUT2D eigenvalue weighted by Crippen LogP contribution is -2.07. The van der Waals surface area contributed by atoms with Gasteiger partial charge in [0, 0.05) is 19.5 Å². The second-order valence-corrected chi connectivity index (χ2v) is 4.40. The van der Waals surface area contributed by atoms with Crippen molar-refractivity contribution in [3.05, 3.63) is 15.8 Å². The lowest BCUT2D eigenvalue weighted by molar-refractivity contribution is -0.384. The average molecular weight is 240 g/mol. The van der Waals surface area contributed by atoms with E-state index in [4.69, 9.17) is 0 Å². The molecular weight excluding hydrogens is 220 g/mol. The molecule has 0 atom stereocenters. The summed E-state index contributed by atoms with van der Waals surface area (Å²) < 4.78 is 1.56. The number of aryl methyl sites for hydroxylation is 1. The molecule has 0 saturated carbocycles. The number of hydrogen-bond donors (Lipinski definition) is 1. The number of unbranched alkanes of at least 4 members (excludes halogenated alkanes) is 1. The molecule has 1 rings (SSSR count). The Morgan fingerprint density at radius 2 is 2.18 bits per heavy atom. The predicted octanol–water partition coefficient (Wildman–Crippen LogP) is 2.66. The first kappa shape index (κ1) is 13.5. The van der Waals surface area contributed by atoms with Gasteiger partial charge < -0.3 is 5.32 Å². The van der Waals surface area contributed by atoms with Crippen LogP contribution in [0.4, 0.5) is 11.5 Å². The fourth-order valence-electron chi connectivity index (χ4n) is 1.68. The van der Waals surface area contributed by atoms with Crippen LogP contribution in [0.2, 0.25) is 0 Å². The minimum atomic E-state index is -0.351. The molecule has 0 radical (unpaired) electrons. The number of nitro groups is 1. The van der Waals surface area contributed by atoms with Gasteiger partial charge in [-0.15, -0.1) is 0 Å². The van der Waals surface area contributed by atoms with Crippen molar-refractivity contribution in [2.24, 2.45) is 7.05 Å². The van der Waals surface area contributed by atoms with Gasteiger partial charge in [-0.3, -0.25) is 10.1 Å². The Hall–Kier alpha value is -1.59. The van der Waals surface area contributed by atoms with Gasteiger partial charge in [0.15, 0.2) is 0 Å². The topological polar surface area (TPSA) is 73.0 Å². The SMILES string of the molecule is CCCCNc1c([N+](=O)[O-])c(C(C)C)nn1C. The molecule has 0 aliphatic heterocycles. The highest BCUT2D eigenvalue weighted by atomic mass is 16.6. The number of nitrogens with zero attached hydrogens (tertiary/aromatic N) is 3. The highest BCUT2D eigenvalue weighted by Crippen LogP contribution is 2.32. The third-order valence-electron chi connectivity index (χ3n) is 2.60. The van der Waals surface area contributed by atoms with Gasteiger partial charge in [-0.05, 0) is 6.42 Å². The number of hydrogen-bond acceptors (Lipinski definition) is 4. The van der Waals surface area contributed by atoms with Crippen molar-refractivity contribution in [1.29, 1.82) is 0 Å². The summed E-state index contributed by atoms with van der Waals surface area (Å²) in [6.45, 7) is 6.63. The van der Waals surface area contributed by atoms with E-state index in [-0.39, 0.29) is 16.5 Å². The molecule has 0 amide bonds. The quantitative estimate of drug-likeness (QED) is 0.471. The number of rotatable bonds is 6. The highest BCUT2D eigenvalue weighted by Gasteiger charge is 2.27. The second-order valence-electron chi connectivity index (χ2n) is 4.40. The zero-order valence-corrected chi connectivity index (χ0v) is 10.9. The lowest BCUT2D eigenvalue weighted by atomic mass is 10.1. The fraction of sp³-hybridized carbons (Fsp3) is 0.727. The van der Waals surface area contributed by atoms with Crippen molar-refractivity contribution in [2.45, 2.75) is 39.5 Å². The zero-order chi connectivity index (χ0) is 13.0. The summed E-state index contributed by atoms with van der Waals surface area (Å²) >= 11 is 0. The maximum Gasteiger partial charge on any atom is 0.334 e. The zero-order valence-electron chi connectivity index (χ0n) is 10.9. The van der Waals surface area contributed by atoms with Crippen LogP contribution in [-0.4, -0.2) is 21.2 Å². The molecule has 0 aliphatic carbocycles. The van der Waals surface area contributed by atoms with E-state index in [1.165, 1.54) is 0 Å². The van der Waals surface area contributed by atoms with Crippen molar-refractivity contribution >= 4 is 11.5 Å². The van der Waals surface area contributed by atoms with Crippen LogP contribution in [0, 0.1) is 10.1 Å². The van der Waals surface area contributed by atoms with Crippen LogP contribution in [0.3, 0.4) is 0 Å². The van der Waals surface area contributed by atoms with Crippen LogP contribution >= 0.6 is 0 Å². The lowest BCUT2D eigenvalue weighted by Gasteiger charge is -2.04. The van der Waals surface area contributed by atoms with Crippen LogP contribution < -0.4 is 5.32 Å². The second kappa shape index (κ2) is 5.65. The Balaban J connectivity index is 3.05. The molecule has 96 valence electrons. The third kappa shape index (κ3) is 2.95. The molecule has 6 heteroatoms. The minimum absolute atomic E-state index is 0.0447. The van der Waals surface area contributed by atoms with Crippen molar-refractivity contribution in [1.82, 2.24) is 9.78 Å². The molecule has 6 nitrogen and oxygen atoms in total. The maximum absolute atomic E-state index is 11.1. The van der Waals surface area contributed by atoms with Crippen LogP contribution in [0.1, 0.15) is 45.2 Å². The normalized spacial score (nSPS) is 10.9. The molecule has 0 bridgehead atoms. The van der Waals surface area contributed by atoms with Gasteiger partial charge in [0.25, 0.3) is 0 Å². The van der Waals surface area contributed by atoms with Crippen molar-refractivity contribution in [2.75, 3.05) is 11.9 Å². The number of nitrogens with one attached hydrogen (secondary N) is 1. The van der Waals surface area contributed by atoms with Crippen molar-refractivity contribution in [3.63, 3.8) is 0 Å². The van der Waals surface area contributed by atoms with Gasteiger partial charge in [-0.1, -0.05) is 27.2 Å². The monoisotopic (exact) mass is 240 g/mol. The molecular formula is C11H20N4O2. The fourth-order valence-corrected chi connectivity index (χ4v) is 1.68. The van der Waals surface area contributed by atoms with Gasteiger partial charge in [-0.2, -0.15) is 5.10 Å². The minimum Gasteiger partial charge on any atom is -0.365 e. The summed E-state index contributed by atoms with van der Waals surface area (Å²) in [6.07, 6.45) is 2.04. The third-order valence-corrected chi connectivity index (χ3v) is 2.60. The molecule has 0 aromatic carbocycles. The first-order valence-electron chi connectivity index (χ1n) is 5.94. The van der Waals surface area contributed by atoms with E-state index < -0.39 is 0 Å². The van der Waals surface area contributed by atoms with Crippen molar-refractivity contribution in [3.8, 4) is 0 Å². The van der Waals surface area contributed by atoms with E-state index in [9.17, 15) is 10.1 Å². The van der Waals surface area contributed by atoms with Crippen LogP contribution in [-0.2, 0) is 7.05 Å². The van der Waals surface area contributed by atoms with Gasteiger partial charge in [-0.25, -0.2) is 4.68 Å². The van der Waals surface area contributed by atoms with Crippen molar-refractivity contribution < 1.29 is 4.92 Å². The molecule has 1 N–H and O–H groups in total. The molecule has 0 saturated heterocycles. The predicted molar refractivity (Wildman–Crippen MR) is 67.3 cm³/mol. The summed E-state index contributed by atoms with van der Waals surface area (Å²) in [5.74, 6) is 0.551. The summed E-state index contributed by atoms with van der Waals surface area (Å²) in [5, 5.41) is 18.4. The Labute approximate surface area is 101 Å². The molecule has 17 heavy (non-hydrogen) atoms. The van der Waals surface area contributed by atoms with E-state index >= 15 is 0 Å². The highest BCUT2D eigenvalue weighted by molar-refractivity contribution is 5.60. The van der Waals surface area contributed by atoms with Crippen LogP contribution in [0.5, 0.6) is 0 Å². The van der Waals surface area contributed by atoms with Gasteiger partial charge in [0.2, 0.25) is 5.82 Å². The largest absolute Gasteiger partial charge is 0.365 e. The smallest absolute Gasteiger partial charge is 0.334 e. The first-order valence-corrected chi connectivity index (χ1v) is 5.94.